The number of aromatic nitrogens is 2. The number of hydrogen-bond donors (Lipinski definition) is 1. The fourth-order valence-corrected chi connectivity index (χ4v) is 3.43. The molecule has 8 nitrogen and oxygen atoms in total. The molecular weight excluding hydrogens is 344 g/mol. The van der Waals surface area contributed by atoms with Gasteiger partial charge in [0, 0.05) is 12.3 Å². The number of rotatable bonds is 6. The second kappa shape index (κ2) is 6.83. The van der Waals surface area contributed by atoms with Gasteiger partial charge in [-0.3, -0.25) is 10.1 Å². The lowest BCUT2D eigenvalue weighted by Crippen LogP contribution is -2.24. The number of sulfonamides is 1. The molecule has 3 aromatic rings. The molecule has 1 N–H and O–H groups in total. The second-order valence-electron chi connectivity index (χ2n) is 5.14. The van der Waals surface area contributed by atoms with Gasteiger partial charge in [0.2, 0.25) is 10.0 Å². The van der Waals surface area contributed by atoms with Gasteiger partial charge in [0.1, 0.15) is 0 Å². The number of hydrogen-bond acceptors (Lipinski definition) is 5. The highest BCUT2D eigenvalue weighted by Gasteiger charge is 2.24. The zero-order chi connectivity index (χ0) is 17.9. The van der Waals surface area contributed by atoms with Crippen LogP contribution in [0, 0.1) is 10.1 Å². The maximum Gasteiger partial charge on any atom is 0.289 e. The third kappa shape index (κ3) is 3.73. The second-order valence-corrected chi connectivity index (χ2v) is 6.87. The van der Waals surface area contributed by atoms with Gasteiger partial charge >= 0.3 is 0 Å². The summed E-state index contributed by atoms with van der Waals surface area (Å²) in [4.78, 5) is 9.90. The molecule has 2 aromatic carbocycles. The number of nitrogens with zero attached hydrogens (tertiary/aromatic N) is 3. The maximum absolute atomic E-state index is 12.4. The van der Waals surface area contributed by atoms with Crippen LogP contribution in [0.2, 0.25) is 0 Å². The van der Waals surface area contributed by atoms with E-state index in [4.69, 9.17) is 0 Å². The average molecular weight is 358 g/mol. The zero-order valence-corrected chi connectivity index (χ0v) is 13.8. The Bertz CT molecular complexity index is 1000. The number of para-hydroxylation sites is 2. The first-order valence-electron chi connectivity index (χ1n) is 7.30. The Morgan fingerprint density at radius 1 is 1.04 bits per heavy atom. The summed E-state index contributed by atoms with van der Waals surface area (Å²) in [7, 11) is -4.03. The Morgan fingerprint density at radius 3 is 2.44 bits per heavy atom. The van der Waals surface area contributed by atoms with Crippen LogP contribution >= 0.6 is 0 Å². The average Bonchev–Trinajstić information content (AvgIpc) is 3.10. The van der Waals surface area contributed by atoms with Gasteiger partial charge in [-0.1, -0.05) is 30.3 Å². The van der Waals surface area contributed by atoms with Gasteiger partial charge in [0.25, 0.3) is 5.69 Å². The summed E-state index contributed by atoms with van der Waals surface area (Å²) in [6.07, 6.45) is 1.71. The molecule has 0 aliphatic heterocycles. The molecule has 0 aliphatic rings. The Kier molecular flexibility index (Phi) is 4.59. The van der Waals surface area contributed by atoms with Crippen molar-refractivity contribution in [2.75, 3.05) is 0 Å². The highest BCUT2D eigenvalue weighted by atomic mass is 32.2. The van der Waals surface area contributed by atoms with Crippen molar-refractivity contribution in [3.63, 3.8) is 0 Å². The molecule has 0 atom stereocenters. The Labute approximate surface area is 143 Å². The third-order valence-electron chi connectivity index (χ3n) is 3.46. The molecule has 0 saturated carbocycles. The number of nitro groups is 1. The molecule has 1 aromatic heterocycles. The predicted octanol–water partition coefficient (Wildman–Crippen LogP) is 2.26. The summed E-state index contributed by atoms with van der Waals surface area (Å²) in [5, 5.41) is 15.3. The van der Waals surface area contributed by atoms with Gasteiger partial charge in [0.05, 0.1) is 22.8 Å². The van der Waals surface area contributed by atoms with E-state index in [1.54, 1.807) is 16.9 Å². The quantitative estimate of drug-likeness (QED) is 0.537. The minimum Gasteiger partial charge on any atom is -0.258 e. The molecule has 0 unspecified atom stereocenters. The van der Waals surface area contributed by atoms with Crippen LogP contribution in [0.1, 0.15) is 5.69 Å². The van der Waals surface area contributed by atoms with E-state index in [1.165, 1.54) is 18.2 Å². The van der Waals surface area contributed by atoms with E-state index >= 15 is 0 Å². The van der Waals surface area contributed by atoms with Crippen molar-refractivity contribution in [2.45, 2.75) is 11.4 Å². The molecule has 128 valence electrons. The molecule has 0 radical (unpaired) electrons. The number of benzene rings is 2. The van der Waals surface area contributed by atoms with E-state index in [9.17, 15) is 18.5 Å². The van der Waals surface area contributed by atoms with Gasteiger partial charge in [-0.15, -0.1) is 0 Å². The molecule has 3 rings (SSSR count). The van der Waals surface area contributed by atoms with E-state index in [2.05, 4.69) is 9.82 Å². The van der Waals surface area contributed by atoms with Crippen molar-refractivity contribution in [3.8, 4) is 5.69 Å². The van der Waals surface area contributed by atoms with Crippen LogP contribution < -0.4 is 4.72 Å². The topological polar surface area (TPSA) is 107 Å². The van der Waals surface area contributed by atoms with Crippen LogP contribution in [-0.4, -0.2) is 23.1 Å². The third-order valence-corrected chi connectivity index (χ3v) is 4.91. The standard InChI is InChI=1S/C16H14N4O4S/c21-20(22)15-8-4-5-9-16(15)25(23,24)17-12-13-10-11-19(18-13)14-6-2-1-3-7-14/h1-11,17H,12H2. The molecule has 1 heterocycles. The SMILES string of the molecule is O=[N+]([O-])c1ccccc1S(=O)(=O)NCc1ccn(-c2ccccc2)n1. The molecule has 0 bridgehead atoms. The van der Waals surface area contributed by atoms with E-state index in [0.717, 1.165) is 11.8 Å². The first-order valence-corrected chi connectivity index (χ1v) is 8.79. The Morgan fingerprint density at radius 2 is 1.72 bits per heavy atom. The predicted molar refractivity (Wildman–Crippen MR) is 90.7 cm³/mol. The first-order chi connectivity index (χ1) is 12.0. The minimum atomic E-state index is -4.03. The van der Waals surface area contributed by atoms with Crippen LogP contribution in [-0.2, 0) is 16.6 Å². The van der Waals surface area contributed by atoms with Crippen molar-refractivity contribution in [1.29, 1.82) is 0 Å². The summed E-state index contributed by atoms with van der Waals surface area (Å²) in [5.74, 6) is 0. The summed E-state index contributed by atoms with van der Waals surface area (Å²) in [6, 6.07) is 16.2. The van der Waals surface area contributed by atoms with Gasteiger partial charge in [-0.2, -0.15) is 5.10 Å². The highest BCUT2D eigenvalue weighted by Crippen LogP contribution is 2.22. The van der Waals surface area contributed by atoms with Crippen molar-refractivity contribution >= 4 is 15.7 Å². The maximum atomic E-state index is 12.4. The zero-order valence-electron chi connectivity index (χ0n) is 12.9. The molecule has 9 heteroatoms. The number of nitrogens with one attached hydrogen (secondary N) is 1. The summed E-state index contributed by atoms with van der Waals surface area (Å²) in [6.45, 7) is -0.0752. The van der Waals surface area contributed by atoms with E-state index in [0.29, 0.717) is 5.69 Å². The molecule has 0 fully saturated rings. The minimum absolute atomic E-state index is 0.0752. The lowest BCUT2D eigenvalue weighted by Gasteiger charge is -2.06. The summed E-state index contributed by atoms with van der Waals surface area (Å²) >= 11 is 0. The van der Waals surface area contributed by atoms with Crippen molar-refractivity contribution in [2.24, 2.45) is 0 Å². The molecular formula is C16H14N4O4S. The first kappa shape index (κ1) is 16.8. The molecule has 0 spiro atoms. The van der Waals surface area contributed by atoms with Crippen LogP contribution in [0.25, 0.3) is 5.69 Å². The van der Waals surface area contributed by atoms with E-state index < -0.39 is 20.6 Å². The van der Waals surface area contributed by atoms with Crippen molar-refractivity contribution < 1.29 is 13.3 Å². The monoisotopic (exact) mass is 358 g/mol. The normalized spacial score (nSPS) is 11.4. The van der Waals surface area contributed by atoms with Crippen LogP contribution in [0.3, 0.4) is 0 Å². The molecule has 0 amide bonds. The Balaban J connectivity index is 1.78. The fourth-order valence-electron chi connectivity index (χ4n) is 2.26. The van der Waals surface area contributed by atoms with Gasteiger partial charge < -0.3 is 0 Å². The van der Waals surface area contributed by atoms with E-state index in [1.807, 2.05) is 30.3 Å². The highest BCUT2D eigenvalue weighted by molar-refractivity contribution is 7.89. The largest absolute Gasteiger partial charge is 0.289 e. The van der Waals surface area contributed by atoms with Crippen molar-refractivity contribution in [3.05, 3.63) is 82.7 Å². The lowest BCUT2D eigenvalue weighted by atomic mass is 10.3. The molecule has 25 heavy (non-hydrogen) atoms. The van der Waals surface area contributed by atoms with Crippen LogP contribution in [0.4, 0.5) is 5.69 Å². The summed E-state index contributed by atoms with van der Waals surface area (Å²) < 4.78 is 28.7. The summed E-state index contributed by atoms with van der Waals surface area (Å²) in [5.41, 5.74) is 0.867. The van der Waals surface area contributed by atoms with E-state index in [-0.39, 0.29) is 11.4 Å². The van der Waals surface area contributed by atoms with Crippen LogP contribution in [0.5, 0.6) is 0 Å². The van der Waals surface area contributed by atoms with Crippen LogP contribution in [0.15, 0.2) is 71.8 Å². The molecule has 0 aliphatic carbocycles. The van der Waals surface area contributed by atoms with Crippen molar-refractivity contribution in [1.82, 2.24) is 14.5 Å². The van der Waals surface area contributed by atoms with Gasteiger partial charge in [-0.25, -0.2) is 17.8 Å². The molecule has 0 saturated heterocycles. The van der Waals surface area contributed by atoms with Gasteiger partial charge in [0.15, 0.2) is 4.90 Å². The lowest BCUT2D eigenvalue weighted by molar-refractivity contribution is -0.387. The smallest absolute Gasteiger partial charge is 0.258 e. The van der Waals surface area contributed by atoms with Gasteiger partial charge in [-0.05, 0) is 24.3 Å². The Hall–Kier alpha value is -3.04. The fraction of sp³-hybridized carbons (Fsp3) is 0.0625. The number of nitro benzene ring substituents is 1.